The van der Waals surface area contributed by atoms with Crippen molar-refractivity contribution in [2.45, 2.75) is 52.7 Å². The van der Waals surface area contributed by atoms with Gasteiger partial charge in [0.1, 0.15) is 12.6 Å². The van der Waals surface area contributed by atoms with E-state index in [9.17, 15) is 18.0 Å². The average Bonchev–Trinajstić information content (AvgIpc) is 2.69. The maximum absolute atomic E-state index is 13.5. The molecule has 0 aliphatic rings. The number of halogens is 2. The molecule has 0 fully saturated rings. The molecule has 2 rings (SSSR count). The summed E-state index contributed by atoms with van der Waals surface area (Å²) in [5, 5.41) is 2.90. The van der Waals surface area contributed by atoms with Gasteiger partial charge in [0, 0.05) is 21.0 Å². The minimum Gasteiger partial charge on any atom is -0.350 e. The summed E-state index contributed by atoms with van der Waals surface area (Å²) in [6.07, 6.45) is 1.06. The van der Waals surface area contributed by atoms with E-state index in [2.05, 4.69) is 37.2 Å². The van der Waals surface area contributed by atoms with E-state index < -0.39 is 34.1 Å². The van der Waals surface area contributed by atoms with Crippen molar-refractivity contribution in [2.75, 3.05) is 17.1 Å². The van der Waals surface area contributed by atoms with E-state index >= 15 is 0 Å². The second kappa shape index (κ2) is 11.2. The number of carbonyl (C=O) groups is 2. The van der Waals surface area contributed by atoms with Gasteiger partial charge in [-0.1, -0.05) is 44.0 Å². The Morgan fingerprint density at radius 3 is 2.26 bits per heavy atom. The molecule has 0 saturated carbocycles. The van der Waals surface area contributed by atoms with Crippen LogP contribution >= 0.6 is 31.9 Å². The van der Waals surface area contributed by atoms with E-state index in [4.69, 9.17) is 0 Å². The van der Waals surface area contributed by atoms with Gasteiger partial charge in [-0.2, -0.15) is 0 Å². The minimum atomic E-state index is -3.77. The molecule has 0 aromatic heterocycles. The van der Waals surface area contributed by atoms with Crippen LogP contribution in [0.4, 0.5) is 5.69 Å². The van der Waals surface area contributed by atoms with Crippen LogP contribution in [0.1, 0.15) is 38.8 Å². The van der Waals surface area contributed by atoms with Crippen LogP contribution in [0.2, 0.25) is 0 Å². The number of benzene rings is 2. The van der Waals surface area contributed by atoms with Crippen LogP contribution in [0.25, 0.3) is 0 Å². The lowest BCUT2D eigenvalue weighted by molar-refractivity contribution is -0.140. The highest BCUT2D eigenvalue weighted by atomic mass is 79.9. The molecule has 2 aromatic rings. The van der Waals surface area contributed by atoms with Gasteiger partial charge in [0.25, 0.3) is 0 Å². The highest BCUT2D eigenvalue weighted by molar-refractivity contribution is 9.10. The molecule has 1 atom stereocenters. The van der Waals surface area contributed by atoms with Crippen molar-refractivity contribution >= 4 is 59.4 Å². The Hall–Kier alpha value is -1.91. The predicted molar refractivity (Wildman–Crippen MR) is 143 cm³/mol. The van der Waals surface area contributed by atoms with E-state index in [-0.39, 0.29) is 12.5 Å². The second-order valence-corrected chi connectivity index (χ2v) is 12.9. The molecule has 0 radical (unpaired) electrons. The van der Waals surface area contributed by atoms with E-state index in [1.807, 2.05) is 52.0 Å². The first-order valence-electron chi connectivity index (χ1n) is 10.7. The minimum absolute atomic E-state index is 0.147. The lowest BCUT2D eigenvalue weighted by atomic mass is 10.1. The monoisotopic (exact) mass is 615 g/mol. The quantitative estimate of drug-likeness (QED) is 0.469. The van der Waals surface area contributed by atoms with Crippen LogP contribution in [-0.2, 0) is 26.2 Å². The van der Waals surface area contributed by atoms with Crippen molar-refractivity contribution in [3.05, 3.63) is 62.5 Å². The number of anilines is 1. The summed E-state index contributed by atoms with van der Waals surface area (Å²) in [6.45, 7) is 8.78. The molecule has 7 nitrogen and oxygen atoms in total. The fraction of sp³-hybridized carbons (Fsp3) is 0.417. The molecule has 0 saturated heterocycles. The maximum atomic E-state index is 13.5. The standard InChI is InChI=1S/C24H31Br2N3O4S/c1-16-12-20(10-11-21(16)26)29(34(6,32)33)15-22(30)28(14-18-8-7-9-19(25)13-18)17(2)23(31)27-24(3,4)5/h7-13,17H,14-15H2,1-6H3,(H,27,31)/t17-/m0/s1. The van der Waals surface area contributed by atoms with E-state index in [1.165, 1.54) is 4.90 Å². The average molecular weight is 617 g/mol. The zero-order valence-corrected chi connectivity index (χ0v) is 24.2. The first kappa shape index (κ1) is 28.3. The van der Waals surface area contributed by atoms with Gasteiger partial charge in [0.15, 0.2) is 0 Å². The summed E-state index contributed by atoms with van der Waals surface area (Å²) < 4.78 is 28.0. The van der Waals surface area contributed by atoms with Gasteiger partial charge >= 0.3 is 0 Å². The number of aryl methyl sites for hydroxylation is 1. The van der Waals surface area contributed by atoms with E-state index in [0.717, 1.165) is 30.6 Å². The van der Waals surface area contributed by atoms with Crippen molar-refractivity contribution in [1.82, 2.24) is 10.2 Å². The number of hydrogen-bond donors (Lipinski definition) is 1. The lowest BCUT2D eigenvalue weighted by Gasteiger charge is -2.33. The topological polar surface area (TPSA) is 86.8 Å². The van der Waals surface area contributed by atoms with Crippen LogP contribution in [0.15, 0.2) is 51.4 Å². The van der Waals surface area contributed by atoms with Crippen molar-refractivity contribution in [2.24, 2.45) is 0 Å². The van der Waals surface area contributed by atoms with Gasteiger partial charge in [0.05, 0.1) is 11.9 Å². The molecule has 2 amide bonds. The summed E-state index contributed by atoms with van der Waals surface area (Å²) in [4.78, 5) is 27.9. The van der Waals surface area contributed by atoms with Gasteiger partial charge in [0.2, 0.25) is 21.8 Å². The molecule has 0 aliphatic heterocycles. The Labute approximate surface area is 219 Å². The number of rotatable bonds is 8. The summed E-state index contributed by atoms with van der Waals surface area (Å²) in [5.41, 5.74) is 1.54. The lowest BCUT2D eigenvalue weighted by Crippen LogP contribution is -2.54. The Balaban J connectivity index is 2.43. The van der Waals surface area contributed by atoms with Crippen LogP contribution in [0, 0.1) is 6.92 Å². The highest BCUT2D eigenvalue weighted by Gasteiger charge is 2.31. The zero-order valence-electron chi connectivity index (χ0n) is 20.2. The fourth-order valence-corrected chi connectivity index (χ4v) is 4.82. The van der Waals surface area contributed by atoms with Gasteiger partial charge in [-0.05, 0) is 76.1 Å². The van der Waals surface area contributed by atoms with E-state index in [0.29, 0.717) is 5.69 Å². The molecular weight excluding hydrogens is 586 g/mol. The third-order valence-corrected chi connectivity index (χ3v) is 7.54. The first-order valence-corrected chi connectivity index (χ1v) is 14.1. The van der Waals surface area contributed by atoms with Crippen molar-refractivity contribution in [3.8, 4) is 0 Å². The number of nitrogens with zero attached hydrogens (tertiary/aromatic N) is 2. The molecule has 186 valence electrons. The van der Waals surface area contributed by atoms with Gasteiger partial charge in [-0.3, -0.25) is 13.9 Å². The Kier molecular flexibility index (Phi) is 9.35. The highest BCUT2D eigenvalue weighted by Crippen LogP contribution is 2.25. The van der Waals surface area contributed by atoms with Crippen molar-refractivity contribution in [1.29, 1.82) is 0 Å². The van der Waals surface area contributed by atoms with Crippen molar-refractivity contribution < 1.29 is 18.0 Å². The first-order chi connectivity index (χ1) is 15.6. The maximum Gasteiger partial charge on any atom is 0.244 e. The van der Waals surface area contributed by atoms with Crippen LogP contribution in [0.3, 0.4) is 0 Å². The molecule has 0 aliphatic carbocycles. The smallest absolute Gasteiger partial charge is 0.244 e. The molecule has 0 spiro atoms. The Morgan fingerprint density at radius 2 is 1.74 bits per heavy atom. The Morgan fingerprint density at radius 1 is 1.09 bits per heavy atom. The molecule has 10 heteroatoms. The third-order valence-electron chi connectivity index (χ3n) is 5.02. The van der Waals surface area contributed by atoms with Crippen LogP contribution < -0.4 is 9.62 Å². The number of carbonyl (C=O) groups excluding carboxylic acids is 2. The van der Waals surface area contributed by atoms with Gasteiger partial charge in [-0.25, -0.2) is 8.42 Å². The molecular formula is C24H31Br2N3O4S. The summed E-state index contributed by atoms with van der Waals surface area (Å²) in [7, 11) is -3.77. The normalized spacial score (nSPS) is 12.7. The molecule has 1 N–H and O–H groups in total. The SMILES string of the molecule is Cc1cc(N(CC(=O)N(Cc2cccc(Br)c2)[C@@H](C)C(=O)NC(C)(C)C)S(C)(=O)=O)ccc1Br. The molecule has 34 heavy (non-hydrogen) atoms. The number of nitrogens with one attached hydrogen (secondary N) is 1. The van der Waals surface area contributed by atoms with Crippen LogP contribution in [-0.4, -0.2) is 49.5 Å². The third kappa shape index (κ3) is 8.09. The number of sulfonamides is 1. The second-order valence-electron chi connectivity index (χ2n) is 9.27. The zero-order chi connectivity index (χ0) is 25.8. The predicted octanol–water partition coefficient (Wildman–Crippen LogP) is 4.62. The van der Waals surface area contributed by atoms with Crippen LogP contribution in [0.5, 0.6) is 0 Å². The summed E-state index contributed by atoms with van der Waals surface area (Å²) in [5.74, 6) is -0.802. The number of hydrogen-bond acceptors (Lipinski definition) is 4. The fourth-order valence-electron chi connectivity index (χ4n) is 3.29. The molecule has 0 bridgehead atoms. The summed E-state index contributed by atoms with van der Waals surface area (Å²) >= 11 is 6.84. The van der Waals surface area contributed by atoms with Gasteiger partial charge < -0.3 is 10.2 Å². The van der Waals surface area contributed by atoms with Crippen molar-refractivity contribution in [3.63, 3.8) is 0 Å². The Bertz CT molecular complexity index is 1160. The van der Waals surface area contributed by atoms with Gasteiger partial charge in [-0.15, -0.1) is 0 Å². The molecule has 2 aromatic carbocycles. The largest absolute Gasteiger partial charge is 0.350 e. The molecule has 0 unspecified atom stereocenters. The number of amides is 2. The molecule has 0 heterocycles. The summed E-state index contributed by atoms with van der Waals surface area (Å²) in [6, 6.07) is 11.7. The van der Waals surface area contributed by atoms with E-state index in [1.54, 1.807) is 25.1 Å².